The second-order valence-corrected chi connectivity index (χ2v) is 17.5. The Bertz CT molecular complexity index is 1480. The van der Waals surface area contributed by atoms with Crippen LogP contribution in [0.5, 0.6) is 5.75 Å². The van der Waals surface area contributed by atoms with E-state index in [1.807, 2.05) is 43.3 Å². The number of ether oxygens (including phenoxy) is 4. The van der Waals surface area contributed by atoms with Gasteiger partial charge in [-0.15, -0.1) is 5.92 Å². The van der Waals surface area contributed by atoms with Crippen LogP contribution < -0.4 is 15.1 Å². The molecule has 0 aliphatic heterocycles. The fraction of sp³-hybridized carbons (Fsp3) is 0.429. The van der Waals surface area contributed by atoms with E-state index in [4.69, 9.17) is 23.4 Å². The van der Waals surface area contributed by atoms with E-state index >= 15 is 0 Å². The van der Waals surface area contributed by atoms with E-state index in [1.54, 1.807) is 21.3 Å². The second-order valence-electron chi connectivity index (χ2n) is 13.2. The molecule has 3 rings (SSSR count). The zero-order valence-corrected chi connectivity index (χ0v) is 31.3. The average molecular weight is 683 g/mol. The predicted molar refractivity (Wildman–Crippen MR) is 201 cm³/mol. The van der Waals surface area contributed by atoms with Crippen molar-refractivity contribution < 1.29 is 28.5 Å². The third kappa shape index (κ3) is 12.0. The lowest BCUT2D eigenvalue weighted by Crippen LogP contribution is -2.67. The van der Waals surface area contributed by atoms with Gasteiger partial charge in [0.15, 0.2) is 6.29 Å². The van der Waals surface area contributed by atoms with Crippen LogP contribution in [0.2, 0.25) is 5.04 Å². The topological polar surface area (TPSA) is 66.4 Å². The number of aliphatic hydroxyl groups excluding tert-OH is 1. The van der Waals surface area contributed by atoms with Crippen LogP contribution in [-0.2, 0) is 25.2 Å². The highest BCUT2D eigenvalue weighted by atomic mass is 28.4. The van der Waals surface area contributed by atoms with Gasteiger partial charge in [0.1, 0.15) is 24.6 Å². The number of aliphatic hydroxyl groups is 1. The highest BCUT2D eigenvalue weighted by Gasteiger charge is 2.51. The number of allylic oxidation sites excluding steroid dienone is 1. The first-order valence-corrected chi connectivity index (χ1v) is 18.8. The summed E-state index contributed by atoms with van der Waals surface area (Å²) >= 11 is 0. The van der Waals surface area contributed by atoms with Crippen LogP contribution in [0.3, 0.4) is 0 Å². The summed E-state index contributed by atoms with van der Waals surface area (Å²) in [5.41, 5.74) is 2.09. The number of rotatable bonds is 17. The van der Waals surface area contributed by atoms with Crippen molar-refractivity contribution in [2.75, 3.05) is 27.9 Å². The molecule has 0 aliphatic rings. The second kappa shape index (κ2) is 20.1. The molecule has 0 radical (unpaired) electrons. The molecule has 0 spiro atoms. The molecule has 0 bridgehead atoms. The van der Waals surface area contributed by atoms with Gasteiger partial charge in [0, 0.05) is 33.5 Å². The lowest BCUT2D eigenvalue weighted by Gasteiger charge is -2.44. The SMILES string of the molecule is C=C(C)[C@@H](CCC#CC(CC(O)C#CCOCc1ccc(OC)cc1)O[Si](c1ccccc1)(c1ccccc1)C(C)(C)C)CC(OC)OC. The first kappa shape index (κ1) is 39.8. The normalized spacial score (nSPS) is 13.4. The van der Waals surface area contributed by atoms with E-state index in [-0.39, 0.29) is 30.3 Å². The van der Waals surface area contributed by atoms with Crippen LogP contribution >= 0.6 is 0 Å². The molecule has 7 heteroatoms. The van der Waals surface area contributed by atoms with Crippen LogP contribution in [0, 0.1) is 29.6 Å². The molecule has 262 valence electrons. The Morgan fingerprint density at radius 1 is 0.816 bits per heavy atom. The highest BCUT2D eigenvalue weighted by Crippen LogP contribution is 2.38. The molecule has 3 aromatic rings. The van der Waals surface area contributed by atoms with Crippen LogP contribution in [0.1, 0.15) is 58.9 Å². The van der Waals surface area contributed by atoms with Gasteiger partial charge in [-0.25, -0.2) is 0 Å². The number of benzene rings is 3. The monoisotopic (exact) mass is 682 g/mol. The van der Waals surface area contributed by atoms with Gasteiger partial charge < -0.3 is 28.5 Å². The number of methoxy groups -OCH3 is 3. The van der Waals surface area contributed by atoms with Crippen LogP contribution in [-0.4, -0.2) is 59.9 Å². The molecule has 3 aromatic carbocycles. The Kier molecular flexibility index (Phi) is 16.3. The fourth-order valence-electron chi connectivity index (χ4n) is 5.92. The smallest absolute Gasteiger partial charge is 0.262 e. The summed E-state index contributed by atoms with van der Waals surface area (Å²) in [6.45, 7) is 13.5. The molecular formula is C42H54O6Si. The van der Waals surface area contributed by atoms with Gasteiger partial charge in [-0.3, -0.25) is 0 Å². The Balaban J connectivity index is 1.87. The quantitative estimate of drug-likeness (QED) is 0.0550. The summed E-state index contributed by atoms with van der Waals surface area (Å²) in [7, 11) is 2.00. The standard InChI is InChI=1S/C42H54O6Si/c1-33(2)35(30-41(45-7)46-8)18-15-16-20-38(31-36(43)19-17-29-47-32-34-25-27-37(44-6)28-26-34)48-49(42(3,4)5,39-21-11-9-12-22-39)40-23-13-10-14-24-40/h9-14,21-28,35-36,38,41,43H,1,15,18,29-32H2,2-8H3/t35-,36?,38?/m0/s1. The van der Waals surface area contributed by atoms with Gasteiger partial charge >= 0.3 is 0 Å². The van der Waals surface area contributed by atoms with Gasteiger partial charge in [-0.1, -0.05) is 123 Å². The summed E-state index contributed by atoms with van der Waals surface area (Å²) < 4.78 is 29.2. The van der Waals surface area contributed by atoms with Gasteiger partial charge in [-0.05, 0) is 52.4 Å². The van der Waals surface area contributed by atoms with Crippen molar-refractivity contribution in [1.29, 1.82) is 0 Å². The lowest BCUT2D eigenvalue weighted by atomic mass is 9.92. The molecule has 1 N–H and O–H groups in total. The molecular weight excluding hydrogens is 629 g/mol. The van der Waals surface area contributed by atoms with Crippen molar-refractivity contribution >= 4 is 18.7 Å². The molecule has 0 aromatic heterocycles. The van der Waals surface area contributed by atoms with Crippen LogP contribution in [0.15, 0.2) is 97.1 Å². The van der Waals surface area contributed by atoms with Crippen LogP contribution in [0.25, 0.3) is 0 Å². The molecule has 0 saturated carbocycles. The van der Waals surface area contributed by atoms with Crippen molar-refractivity contribution in [3.63, 3.8) is 0 Å². The summed E-state index contributed by atoms with van der Waals surface area (Å²) in [4.78, 5) is 0. The minimum absolute atomic E-state index is 0.196. The first-order chi connectivity index (χ1) is 23.5. The molecule has 3 atom stereocenters. The Morgan fingerprint density at radius 2 is 1.41 bits per heavy atom. The van der Waals surface area contributed by atoms with Gasteiger partial charge in [0.25, 0.3) is 8.32 Å². The first-order valence-electron chi connectivity index (χ1n) is 16.9. The summed E-state index contributed by atoms with van der Waals surface area (Å²) in [5.74, 6) is 13.8. The van der Waals surface area contributed by atoms with E-state index in [9.17, 15) is 5.11 Å². The lowest BCUT2D eigenvalue weighted by molar-refractivity contribution is -0.112. The van der Waals surface area contributed by atoms with E-state index in [0.717, 1.165) is 33.7 Å². The zero-order valence-electron chi connectivity index (χ0n) is 30.3. The fourth-order valence-corrected chi connectivity index (χ4v) is 10.5. The molecule has 6 nitrogen and oxygen atoms in total. The largest absolute Gasteiger partial charge is 0.497 e. The maximum atomic E-state index is 11.2. The van der Waals surface area contributed by atoms with E-state index in [1.165, 1.54) is 0 Å². The Labute approximate surface area is 295 Å². The third-order valence-electron chi connectivity index (χ3n) is 8.62. The Hall–Kier alpha value is -3.66. The highest BCUT2D eigenvalue weighted by molar-refractivity contribution is 6.99. The van der Waals surface area contributed by atoms with Gasteiger partial charge in [-0.2, -0.15) is 0 Å². The summed E-state index contributed by atoms with van der Waals surface area (Å²) in [5, 5.41) is 13.2. The molecule has 0 heterocycles. The third-order valence-corrected chi connectivity index (χ3v) is 13.7. The maximum absolute atomic E-state index is 11.2. The molecule has 49 heavy (non-hydrogen) atoms. The van der Waals surface area contributed by atoms with E-state index in [0.29, 0.717) is 19.4 Å². The molecule has 0 saturated heterocycles. The number of hydrogen-bond donors (Lipinski definition) is 1. The summed E-state index contributed by atoms with van der Waals surface area (Å²) in [6, 6.07) is 28.6. The minimum atomic E-state index is -2.94. The van der Waals surface area contributed by atoms with Crippen molar-refractivity contribution in [2.45, 2.75) is 83.5 Å². The number of hydrogen-bond acceptors (Lipinski definition) is 6. The molecule has 0 fully saturated rings. The van der Waals surface area contributed by atoms with Crippen molar-refractivity contribution in [3.8, 4) is 29.4 Å². The maximum Gasteiger partial charge on any atom is 0.262 e. The predicted octanol–water partition coefficient (Wildman–Crippen LogP) is 6.90. The van der Waals surface area contributed by atoms with Crippen LogP contribution in [0.4, 0.5) is 0 Å². The average Bonchev–Trinajstić information content (AvgIpc) is 3.10. The van der Waals surface area contributed by atoms with E-state index in [2.05, 4.69) is 99.6 Å². The zero-order chi connectivity index (χ0) is 35.7. The molecule has 0 amide bonds. The molecule has 2 unspecified atom stereocenters. The van der Waals surface area contributed by atoms with Crippen molar-refractivity contribution in [2.24, 2.45) is 5.92 Å². The van der Waals surface area contributed by atoms with Crippen molar-refractivity contribution in [3.05, 3.63) is 103 Å². The van der Waals surface area contributed by atoms with E-state index < -0.39 is 20.5 Å². The van der Waals surface area contributed by atoms with Gasteiger partial charge in [0.2, 0.25) is 0 Å². The summed E-state index contributed by atoms with van der Waals surface area (Å²) in [6.07, 6.45) is 0.586. The molecule has 0 aliphatic carbocycles. The van der Waals surface area contributed by atoms with Crippen molar-refractivity contribution in [1.82, 2.24) is 0 Å². The Morgan fingerprint density at radius 3 is 1.92 bits per heavy atom. The minimum Gasteiger partial charge on any atom is -0.497 e. The van der Waals surface area contributed by atoms with Gasteiger partial charge in [0.05, 0.1) is 13.7 Å².